The summed E-state index contributed by atoms with van der Waals surface area (Å²) in [5, 5.41) is 7.45. The van der Waals surface area contributed by atoms with E-state index in [1.54, 1.807) is 6.20 Å². The lowest BCUT2D eigenvalue weighted by atomic mass is 10.2. The van der Waals surface area contributed by atoms with E-state index in [1.165, 1.54) is 22.9 Å². The van der Waals surface area contributed by atoms with Gasteiger partial charge in [-0.3, -0.25) is 0 Å². The van der Waals surface area contributed by atoms with Gasteiger partial charge in [-0.05, 0) is 12.1 Å². The molecule has 0 aliphatic rings. The number of nitrogens with two attached hydrogens (primary N) is 1. The molecule has 0 aliphatic heterocycles. The maximum Gasteiger partial charge on any atom is 0.131 e. The third-order valence-electron chi connectivity index (χ3n) is 2.18. The Kier molecular flexibility index (Phi) is 2.91. The van der Waals surface area contributed by atoms with E-state index in [1.807, 2.05) is 0 Å². The van der Waals surface area contributed by atoms with E-state index < -0.39 is 11.6 Å². The van der Waals surface area contributed by atoms with Gasteiger partial charge in [-0.1, -0.05) is 11.3 Å². The molecule has 0 unspecified atom stereocenters. The van der Waals surface area contributed by atoms with Gasteiger partial charge in [-0.15, -0.1) is 5.10 Å². The van der Waals surface area contributed by atoms with Crippen LogP contribution in [0.3, 0.4) is 0 Å². The zero-order chi connectivity index (χ0) is 11.5. The van der Waals surface area contributed by atoms with Gasteiger partial charge >= 0.3 is 0 Å². The summed E-state index contributed by atoms with van der Waals surface area (Å²) in [4.78, 5) is 0. The first-order valence-corrected chi connectivity index (χ1v) is 4.72. The lowest BCUT2D eigenvalue weighted by Gasteiger charge is -2.03. The summed E-state index contributed by atoms with van der Waals surface area (Å²) < 4.78 is 27.9. The van der Waals surface area contributed by atoms with Crippen molar-refractivity contribution in [3.05, 3.63) is 47.3 Å². The van der Waals surface area contributed by atoms with Gasteiger partial charge in [-0.25, -0.2) is 13.5 Å². The van der Waals surface area contributed by atoms with Crippen LogP contribution in [-0.4, -0.2) is 15.0 Å². The molecule has 0 atom stereocenters. The number of nitrogens with zero attached hydrogens (tertiary/aromatic N) is 3. The molecule has 1 aromatic heterocycles. The summed E-state index contributed by atoms with van der Waals surface area (Å²) >= 11 is 0. The molecule has 2 N–H and O–H groups in total. The molecule has 0 bridgehead atoms. The van der Waals surface area contributed by atoms with E-state index in [2.05, 4.69) is 10.3 Å². The van der Waals surface area contributed by atoms with Crippen LogP contribution in [0.4, 0.5) is 8.78 Å². The second kappa shape index (κ2) is 4.36. The molecule has 0 radical (unpaired) electrons. The third kappa shape index (κ3) is 2.06. The Morgan fingerprint density at radius 3 is 2.50 bits per heavy atom. The second-order valence-corrected chi connectivity index (χ2v) is 3.31. The van der Waals surface area contributed by atoms with E-state index in [0.29, 0.717) is 5.69 Å². The zero-order valence-electron chi connectivity index (χ0n) is 8.40. The molecule has 1 heterocycles. The van der Waals surface area contributed by atoms with Crippen LogP contribution in [0.5, 0.6) is 0 Å². The molecule has 1 aromatic carbocycles. The van der Waals surface area contributed by atoms with Gasteiger partial charge in [0.05, 0.1) is 18.4 Å². The number of hydrogen-bond donors (Lipinski definition) is 1. The van der Waals surface area contributed by atoms with Gasteiger partial charge in [0.1, 0.15) is 11.6 Å². The molecule has 0 spiro atoms. The van der Waals surface area contributed by atoms with Crippen molar-refractivity contribution in [2.24, 2.45) is 5.73 Å². The number of hydrogen-bond acceptors (Lipinski definition) is 3. The topological polar surface area (TPSA) is 56.7 Å². The van der Waals surface area contributed by atoms with Crippen molar-refractivity contribution < 1.29 is 8.78 Å². The fourth-order valence-electron chi connectivity index (χ4n) is 1.35. The summed E-state index contributed by atoms with van der Waals surface area (Å²) in [7, 11) is 0. The number of aromatic nitrogens is 3. The standard InChI is InChI=1S/C10H10F2N4/c11-9-2-1-3-10(12)8(9)6-16-5-7(4-13)14-15-16/h1-3,5H,4,6,13H2. The number of rotatable bonds is 3. The Hall–Kier alpha value is -1.82. The quantitative estimate of drug-likeness (QED) is 0.848. The van der Waals surface area contributed by atoms with Crippen LogP contribution in [0.15, 0.2) is 24.4 Å². The Labute approximate surface area is 90.7 Å². The van der Waals surface area contributed by atoms with Crippen LogP contribution in [0.2, 0.25) is 0 Å². The summed E-state index contributed by atoms with van der Waals surface area (Å²) in [6.07, 6.45) is 1.56. The van der Waals surface area contributed by atoms with Crippen LogP contribution in [0, 0.1) is 11.6 Å². The van der Waals surface area contributed by atoms with E-state index in [-0.39, 0.29) is 18.7 Å². The minimum atomic E-state index is -0.593. The smallest absolute Gasteiger partial charge is 0.131 e. The summed E-state index contributed by atoms with van der Waals surface area (Å²) in [5.74, 6) is -1.19. The first kappa shape index (κ1) is 10.7. The Balaban J connectivity index is 2.26. The van der Waals surface area contributed by atoms with E-state index in [4.69, 9.17) is 5.73 Å². The summed E-state index contributed by atoms with van der Waals surface area (Å²) in [6.45, 7) is 0.255. The van der Waals surface area contributed by atoms with Crippen molar-refractivity contribution in [2.75, 3.05) is 0 Å². The van der Waals surface area contributed by atoms with Crippen LogP contribution in [0.25, 0.3) is 0 Å². The van der Waals surface area contributed by atoms with Crippen LogP contribution >= 0.6 is 0 Å². The lowest BCUT2D eigenvalue weighted by molar-refractivity contribution is 0.528. The summed E-state index contributed by atoms with van der Waals surface area (Å²) in [5.41, 5.74) is 5.90. The largest absolute Gasteiger partial charge is 0.325 e. The molecular formula is C10H10F2N4. The van der Waals surface area contributed by atoms with Gasteiger partial charge in [0.25, 0.3) is 0 Å². The predicted molar refractivity (Wildman–Crippen MR) is 53.4 cm³/mol. The molecule has 2 aromatic rings. The first-order chi connectivity index (χ1) is 7.70. The minimum absolute atomic E-state index is 0.00546. The fraction of sp³-hybridized carbons (Fsp3) is 0.200. The third-order valence-corrected chi connectivity index (χ3v) is 2.18. The van der Waals surface area contributed by atoms with Crippen molar-refractivity contribution in [3.63, 3.8) is 0 Å². The van der Waals surface area contributed by atoms with Crippen molar-refractivity contribution >= 4 is 0 Å². The zero-order valence-corrected chi connectivity index (χ0v) is 8.40. The van der Waals surface area contributed by atoms with E-state index in [0.717, 1.165) is 0 Å². The van der Waals surface area contributed by atoms with Crippen molar-refractivity contribution in [3.8, 4) is 0 Å². The van der Waals surface area contributed by atoms with Crippen molar-refractivity contribution in [1.29, 1.82) is 0 Å². The molecule has 0 amide bonds. The van der Waals surface area contributed by atoms with Gasteiger partial charge < -0.3 is 5.73 Å². The number of benzene rings is 1. The maximum atomic E-state index is 13.3. The molecular weight excluding hydrogens is 214 g/mol. The van der Waals surface area contributed by atoms with E-state index in [9.17, 15) is 8.78 Å². The minimum Gasteiger partial charge on any atom is -0.325 e. The van der Waals surface area contributed by atoms with Gasteiger partial charge in [0, 0.05) is 12.1 Å². The monoisotopic (exact) mass is 224 g/mol. The molecule has 6 heteroatoms. The normalized spacial score (nSPS) is 10.7. The molecule has 2 rings (SSSR count). The Bertz CT molecular complexity index is 475. The average molecular weight is 224 g/mol. The molecule has 0 saturated carbocycles. The number of halogens is 2. The Morgan fingerprint density at radius 1 is 1.25 bits per heavy atom. The predicted octanol–water partition coefficient (Wildman–Crippen LogP) is 1.06. The SMILES string of the molecule is NCc1cn(Cc2c(F)cccc2F)nn1. The fourth-order valence-corrected chi connectivity index (χ4v) is 1.35. The molecule has 0 fully saturated rings. The Morgan fingerprint density at radius 2 is 1.94 bits per heavy atom. The lowest BCUT2D eigenvalue weighted by Crippen LogP contribution is -2.05. The van der Waals surface area contributed by atoms with Crippen molar-refractivity contribution in [1.82, 2.24) is 15.0 Å². The molecule has 0 saturated heterocycles. The summed E-state index contributed by atoms with van der Waals surface area (Å²) in [6, 6.07) is 3.74. The maximum absolute atomic E-state index is 13.3. The highest BCUT2D eigenvalue weighted by Gasteiger charge is 2.09. The highest BCUT2D eigenvalue weighted by Crippen LogP contribution is 2.13. The van der Waals surface area contributed by atoms with Gasteiger partial charge in [0.15, 0.2) is 0 Å². The second-order valence-electron chi connectivity index (χ2n) is 3.31. The van der Waals surface area contributed by atoms with Crippen molar-refractivity contribution in [2.45, 2.75) is 13.1 Å². The molecule has 0 aliphatic carbocycles. The molecule has 16 heavy (non-hydrogen) atoms. The molecule has 4 nitrogen and oxygen atoms in total. The highest BCUT2D eigenvalue weighted by atomic mass is 19.1. The van der Waals surface area contributed by atoms with Gasteiger partial charge in [0.2, 0.25) is 0 Å². The van der Waals surface area contributed by atoms with Crippen LogP contribution in [-0.2, 0) is 13.1 Å². The van der Waals surface area contributed by atoms with Crippen LogP contribution in [0.1, 0.15) is 11.3 Å². The average Bonchev–Trinajstić information content (AvgIpc) is 2.71. The van der Waals surface area contributed by atoms with Gasteiger partial charge in [-0.2, -0.15) is 0 Å². The van der Waals surface area contributed by atoms with Crippen LogP contribution < -0.4 is 5.73 Å². The van der Waals surface area contributed by atoms with E-state index >= 15 is 0 Å². The highest BCUT2D eigenvalue weighted by molar-refractivity contribution is 5.19. The molecule has 84 valence electrons. The first-order valence-electron chi connectivity index (χ1n) is 4.72.